The number of rotatable bonds is 5. The summed E-state index contributed by atoms with van der Waals surface area (Å²) in [6, 6.07) is 13.7. The third-order valence-corrected chi connectivity index (χ3v) is 6.29. The van der Waals surface area contributed by atoms with Gasteiger partial charge < -0.3 is 14.7 Å². The van der Waals surface area contributed by atoms with Crippen molar-refractivity contribution in [2.45, 2.75) is 4.90 Å². The highest BCUT2D eigenvalue weighted by Crippen LogP contribution is 2.26. The summed E-state index contributed by atoms with van der Waals surface area (Å²) < 4.78 is 32.1. The molecule has 1 aliphatic rings. The van der Waals surface area contributed by atoms with Gasteiger partial charge in [0.2, 0.25) is 10.0 Å². The Morgan fingerprint density at radius 2 is 1.69 bits per heavy atom. The van der Waals surface area contributed by atoms with Gasteiger partial charge in [-0.1, -0.05) is 18.2 Å². The number of sulfonamides is 1. The predicted molar refractivity (Wildman–Crippen MR) is 97.4 cm³/mol. The molecule has 0 spiro atoms. The summed E-state index contributed by atoms with van der Waals surface area (Å²) in [5, 5.41) is 9.26. The van der Waals surface area contributed by atoms with Gasteiger partial charge in [0.05, 0.1) is 12.0 Å². The van der Waals surface area contributed by atoms with Gasteiger partial charge in [0, 0.05) is 31.9 Å². The minimum Gasteiger partial charge on any atom is -0.496 e. The van der Waals surface area contributed by atoms with E-state index in [1.807, 2.05) is 30.3 Å². The van der Waals surface area contributed by atoms with Gasteiger partial charge in [0.1, 0.15) is 11.3 Å². The number of methoxy groups -OCH3 is 1. The molecule has 1 saturated heterocycles. The van der Waals surface area contributed by atoms with Crippen molar-refractivity contribution in [3.8, 4) is 5.75 Å². The minimum atomic E-state index is -3.76. The fourth-order valence-electron chi connectivity index (χ4n) is 2.99. The van der Waals surface area contributed by atoms with Gasteiger partial charge in [0.15, 0.2) is 0 Å². The first-order chi connectivity index (χ1) is 12.4. The van der Waals surface area contributed by atoms with Crippen molar-refractivity contribution in [3.05, 3.63) is 54.1 Å². The van der Waals surface area contributed by atoms with Crippen LogP contribution in [0.5, 0.6) is 5.75 Å². The van der Waals surface area contributed by atoms with Crippen LogP contribution in [-0.2, 0) is 10.0 Å². The number of carboxylic acid groups (broad SMARTS) is 1. The lowest BCUT2D eigenvalue weighted by molar-refractivity contribution is 0.0693. The average Bonchev–Trinajstić information content (AvgIpc) is 2.68. The SMILES string of the molecule is COc1ccc(S(=O)(=O)N2CCN(c3ccccc3)CC2)cc1C(=O)O. The number of hydrogen-bond donors (Lipinski definition) is 1. The Morgan fingerprint density at radius 3 is 2.27 bits per heavy atom. The van der Waals surface area contributed by atoms with E-state index in [2.05, 4.69) is 4.90 Å². The molecule has 0 bridgehead atoms. The first kappa shape index (κ1) is 18.2. The summed E-state index contributed by atoms with van der Waals surface area (Å²) in [6.07, 6.45) is 0. The molecule has 0 unspecified atom stereocenters. The molecular weight excluding hydrogens is 356 g/mol. The molecule has 1 heterocycles. The molecule has 8 heteroatoms. The molecule has 138 valence electrons. The average molecular weight is 376 g/mol. The van der Waals surface area contributed by atoms with Gasteiger partial charge >= 0.3 is 5.97 Å². The molecule has 26 heavy (non-hydrogen) atoms. The van der Waals surface area contributed by atoms with Crippen LogP contribution in [0.25, 0.3) is 0 Å². The molecule has 0 aliphatic carbocycles. The van der Waals surface area contributed by atoms with Crippen molar-refractivity contribution >= 4 is 21.7 Å². The topological polar surface area (TPSA) is 87.2 Å². The Bertz CT molecular complexity index is 891. The lowest BCUT2D eigenvalue weighted by atomic mass is 10.2. The summed E-state index contributed by atoms with van der Waals surface area (Å²) in [6.45, 7) is 1.83. The van der Waals surface area contributed by atoms with Crippen LogP contribution in [0.4, 0.5) is 5.69 Å². The zero-order valence-corrected chi connectivity index (χ0v) is 15.1. The number of para-hydroxylation sites is 1. The normalized spacial score (nSPS) is 15.7. The second kappa shape index (κ2) is 7.35. The standard InChI is InChI=1S/C18H20N2O5S/c1-25-17-8-7-15(13-16(17)18(21)22)26(23,24)20-11-9-19(10-12-20)14-5-3-2-4-6-14/h2-8,13H,9-12H2,1H3,(H,21,22). The molecule has 1 fully saturated rings. The smallest absolute Gasteiger partial charge is 0.339 e. The van der Waals surface area contributed by atoms with E-state index in [4.69, 9.17) is 4.74 Å². The zero-order chi connectivity index (χ0) is 18.7. The van der Waals surface area contributed by atoms with Crippen LogP contribution < -0.4 is 9.64 Å². The lowest BCUT2D eigenvalue weighted by Crippen LogP contribution is -2.48. The van der Waals surface area contributed by atoms with Crippen LogP contribution >= 0.6 is 0 Å². The maximum absolute atomic E-state index is 12.9. The van der Waals surface area contributed by atoms with E-state index in [0.717, 1.165) is 11.8 Å². The van der Waals surface area contributed by atoms with E-state index in [1.165, 1.54) is 23.5 Å². The van der Waals surface area contributed by atoms with E-state index < -0.39 is 16.0 Å². The number of anilines is 1. The van der Waals surface area contributed by atoms with Crippen molar-refractivity contribution in [3.63, 3.8) is 0 Å². The maximum atomic E-state index is 12.9. The second-order valence-electron chi connectivity index (χ2n) is 5.89. The Labute approximate surface area is 152 Å². The lowest BCUT2D eigenvalue weighted by Gasteiger charge is -2.35. The number of nitrogens with zero attached hydrogens (tertiary/aromatic N) is 2. The second-order valence-corrected chi connectivity index (χ2v) is 7.83. The van der Waals surface area contributed by atoms with E-state index in [-0.39, 0.29) is 16.2 Å². The summed E-state index contributed by atoms with van der Waals surface area (Å²) in [5.41, 5.74) is 0.888. The summed E-state index contributed by atoms with van der Waals surface area (Å²) in [5.74, 6) is -1.10. The minimum absolute atomic E-state index is 0.0381. The zero-order valence-electron chi connectivity index (χ0n) is 14.3. The molecule has 7 nitrogen and oxygen atoms in total. The molecule has 1 aliphatic heterocycles. The number of carboxylic acids is 1. The molecule has 2 aromatic rings. The number of aromatic carboxylic acids is 1. The fraction of sp³-hybridized carbons (Fsp3) is 0.278. The van der Waals surface area contributed by atoms with E-state index in [0.29, 0.717) is 26.2 Å². The quantitative estimate of drug-likeness (QED) is 0.858. The van der Waals surface area contributed by atoms with E-state index in [1.54, 1.807) is 0 Å². The molecule has 0 amide bonds. The van der Waals surface area contributed by atoms with Gasteiger partial charge in [0.25, 0.3) is 0 Å². The molecular formula is C18H20N2O5S. The number of carbonyl (C=O) groups is 1. The van der Waals surface area contributed by atoms with Crippen LogP contribution in [0.2, 0.25) is 0 Å². The predicted octanol–water partition coefficient (Wildman–Crippen LogP) is 1.90. The molecule has 0 saturated carbocycles. The summed E-state index contributed by atoms with van der Waals surface area (Å²) in [4.78, 5) is 13.4. The molecule has 0 radical (unpaired) electrons. The Hall–Kier alpha value is -2.58. The van der Waals surface area contributed by atoms with Gasteiger partial charge in [-0.3, -0.25) is 0 Å². The number of ether oxygens (including phenoxy) is 1. The van der Waals surface area contributed by atoms with E-state index >= 15 is 0 Å². The van der Waals surface area contributed by atoms with Crippen LogP contribution in [0.15, 0.2) is 53.4 Å². The van der Waals surface area contributed by atoms with Crippen LogP contribution in [0, 0.1) is 0 Å². The summed E-state index contributed by atoms with van der Waals surface area (Å²) in [7, 11) is -2.41. The van der Waals surface area contributed by atoms with Crippen molar-refractivity contribution < 1.29 is 23.1 Å². The number of benzene rings is 2. The number of hydrogen-bond acceptors (Lipinski definition) is 5. The molecule has 2 aromatic carbocycles. The molecule has 3 rings (SSSR count). The third-order valence-electron chi connectivity index (χ3n) is 4.40. The first-order valence-corrected chi connectivity index (χ1v) is 9.59. The number of piperazine rings is 1. The maximum Gasteiger partial charge on any atom is 0.339 e. The van der Waals surface area contributed by atoms with Crippen molar-refractivity contribution in [2.24, 2.45) is 0 Å². The van der Waals surface area contributed by atoms with Crippen molar-refractivity contribution in [1.82, 2.24) is 4.31 Å². The van der Waals surface area contributed by atoms with Crippen LogP contribution in [0.1, 0.15) is 10.4 Å². The van der Waals surface area contributed by atoms with Crippen molar-refractivity contribution in [2.75, 3.05) is 38.2 Å². The Morgan fingerprint density at radius 1 is 1.04 bits per heavy atom. The highest BCUT2D eigenvalue weighted by molar-refractivity contribution is 7.89. The Kier molecular flexibility index (Phi) is 5.15. The highest BCUT2D eigenvalue weighted by Gasteiger charge is 2.29. The van der Waals surface area contributed by atoms with Crippen molar-refractivity contribution in [1.29, 1.82) is 0 Å². The fourth-order valence-corrected chi connectivity index (χ4v) is 4.44. The van der Waals surface area contributed by atoms with Crippen LogP contribution in [-0.4, -0.2) is 57.1 Å². The van der Waals surface area contributed by atoms with Gasteiger partial charge in [-0.25, -0.2) is 13.2 Å². The third kappa shape index (κ3) is 3.51. The van der Waals surface area contributed by atoms with Gasteiger partial charge in [-0.15, -0.1) is 0 Å². The largest absolute Gasteiger partial charge is 0.496 e. The summed E-state index contributed by atoms with van der Waals surface area (Å²) >= 11 is 0. The monoisotopic (exact) mass is 376 g/mol. The van der Waals surface area contributed by atoms with Crippen LogP contribution in [0.3, 0.4) is 0 Å². The highest BCUT2D eigenvalue weighted by atomic mass is 32.2. The Balaban J connectivity index is 1.79. The van der Waals surface area contributed by atoms with Gasteiger partial charge in [-0.05, 0) is 30.3 Å². The van der Waals surface area contributed by atoms with E-state index in [9.17, 15) is 18.3 Å². The molecule has 0 aromatic heterocycles. The first-order valence-electron chi connectivity index (χ1n) is 8.15. The van der Waals surface area contributed by atoms with Gasteiger partial charge in [-0.2, -0.15) is 4.31 Å². The molecule has 1 N–H and O–H groups in total. The molecule has 0 atom stereocenters.